The second-order valence-corrected chi connectivity index (χ2v) is 12.3. The number of aromatic nitrogens is 1. The number of esters is 1. The fourth-order valence-electron chi connectivity index (χ4n) is 5.73. The van der Waals surface area contributed by atoms with Crippen molar-refractivity contribution in [1.29, 1.82) is 0 Å². The highest BCUT2D eigenvalue weighted by atomic mass is 35.5. The third-order valence-electron chi connectivity index (χ3n) is 7.96. The lowest BCUT2D eigenvalue weighted by Crippen LogP contribution is -2.40. The quantitative estimate of drug-likeness (QED) is 0.155. The molecule has 8 heteroatoms. The number of thiazole rings is 1. The second-order valence-electron chi connectivity index (χ2n) is 10.9. The van der Waals surface area contributed by atoms with Crippen molar-refractivity contribution in [3.63, 3.8) is 0 Å². The largest absolute Gasteiger partial charge is 0.466 e. The first-order chi connectivity index (χ1) is 21.0. The maximum absolute atomic E-state index is 13.3. The number of carbonyl (C=O) groups is 2. The molecule has 1 aliphatic rings. The Morgan fingerprint density at radius 1 is 0.977 bits per heavy atom. The zero-order valence-corrected chi connectivity index (χ0v) is 26.1. The normalized spacial score (nSPS) is 13.9. The molecule has 1 amide bonds. The molecule has 0 atom stereocenters. The van der Waals surface area contributed by atoms with Gasteiger partial charge in [0.15, 0.2) is 0 Å². The van der Waals surface area contributed by atoms with Crippen LogP contribution >= 0.6 is 22.9 Å². The smallest absolute Gasteiger partial charge is 0.309 e. The molecule has 0 spiro atoms. The zero-order valence-electron chi connectivity index (χ0n) is 24.5. The molecule has 4 aromatic rings. The van der Waals surface area contributed by atoms with Crippen LogP contribution in [0.25, 0.3) is 0 Å². The molecule has 0 radical (unpaired) electrons. The van der Waals surface area contributed by atoms with Crippen molar-refractivity contribution < 1.29 is 14.3 Å². The van der Waals surface area contributed by atoms with E-state index >= 15 is 0 Å². The number of ether oxygens (including phenoxy) is 1. The summed E-state index contributed by atoms with van der Waals surface area (Å²) in [6, 6.07) is 29.3. The van der Waals surface area contributed by atoms with E-state index in [2.05, 4.69) is 71.6 Å². The van der Waals surface area contributed by atoms with E-state index in [0.717, 1.165) is 35.1 Å². The third kappa shape index (κ3) is 8.53. The van der Waals surface area contributed by atoms with Crippen molar-refractivity contribution >= 4 is 34.8 Å². The van der Waals surface area contributed by atoms with Gasteiger partial charge in [0.05, 0.1) is 19.1 Å². The first kappa shape index (κ1) is 30.9. The highest BCUT2D eigenvalue weighted by molar-refractivity contribution is 7.09. The highest BCUT2D eigenvalue weighted by Gasteiger charge is 2.29. The van der Waals surface area contributed by atoms with E-state index in [1.807, 2.05) is 35.4 Å². The minimum absolute atomic E-state index is 0.0700. The van der Waals surface area contributed by atoms with Crippen LogP contribution in [0.4, 0.5) is 0 Å². The Balaban J connectivity index is 1.28. The van der Waals surface area contributed by atoms with Gasteiger partial charge in [-0.05, 0) is 61.6 Å². The lowest BCUT2D eigenvalue weighted by Gasteiger charge is -2.30. The van der Waals surface area contributed by atoms with Gasteiger partial charge in [-0.2, -0.15) is 0 Å². The van der Waals surface area contributed by atoms with E-state index in [4.69, 9.17) is 21.3 Å². The lowest BCUT2D eigenvalue weighted by molar-refractivity contribution is -0.149. The lowest BCUT2D eigenvalue weighted by atomic mass is 9.88. The SMILES string of the molecule is CCOC(=O)C1CCN(C(=O)c2csc(CN(CCC(c3ccccc3)c3ccccc3)Cc3cccc(Cl)c3)n2)CC1. The molecule has 0 unspecified atom stereocenters. The summed E-state index contributed by atoms with van der Waals surface area (Å²) in [5, 5.41) is 3.49. The van der Waals surface area contributed by atoms with Gasteiger partial charge in [0.2, 0.25) is 0 Å². The number of carbonyl (C=O) groups excluding carboxylic acids is 2. The first-order valence-electron chi connectivity index (χ1n) is 15.0. The van der Waals surface area contributed by atoms with E-state index in [1.165, 1.54) is 22.5 Å². The van der Waals surface area contributed by atoms with Crippen LogP contribution in [-0.2, 0) is 22.6 Å². The van der Waals surface area contributed by atoms with Crippen LogP contribution in [0, 0.1) is 5.92 Å². The van der Waals surface area contributed by atoms with Gasteiger partial charge in [-0.1, -0.05) is 84.4 Å². The van der Waals surface area contributed by atoms with Crippen molar-refractivity contribution in [3.05, 3.63) is 123 Å². The molecule has 0 bridgehead atoms. The van der Waals surface area contributed by atoms with Crippen LogP contribution < -0.4 is 0 Å². The van der Waals surface area contributed by atoms with Crippen molar-refractivity contribution in [2.75, 3.05) is 26.2 Å². The van der Waals surface area contributed by atoms with Gasteiger partial charge < -0.3 is 9.64 Å². The van der Waals surface area contributed by atoms with Crippen molar-refractivity contribution in [2.45, 2.75) is 45.2 Å². The molecule has 1 aliphatic heterocycles. The van der Waals surface area contributed by atoms with Gasteiger partial charge >= 0.3 is 5.97 Å². The molecule has 1 saturated heterocycles. The third-order valence-corrected chi connectivity index (χ3v) is 9.03. The topological polar surface area (TPSA) is 62.7 Å². The number of halogens is 1. The van der Waals surface area contributed by atoms with Gasteiger partial charge in [-0.15, -0.1) is 11.3 Å². The van der Waals surface area contributed by atoms with Crippen molar-refractivity contribution in [2.24, 2.45) is 5.92 Å². The van der Waals surface area contributed by atoms with E-state index < -0.39 is 0 Å². The fourth-order valence-corrected chi connectivity index (χ4v) is 6.75. The second kappa shape index (κ2) is 15.3. The van der Waals surface area contributed by atoms with Crippen molar-refractivity contribution in [1.82, 2.24) is 14.8 Å². The predicted octanol–water partition coefficient (Wildman–Crippen LogP) is 7.44. The average molecular weight is 616 g/mol. The minimum atomic E-state index is -0.160. The molecule has 0 N–H and O–H groups in total. The van der Waals surface area contributed by atoms with Crippen LogP contribution in [0.5, 0.6) is 0 Å². The summed E-state index contributed by atoms with van der Waals surface area (Å²) in [4.78, 5) is 34.4. The molecule has 2 heterocycles. The summed E-state index contributed by atoms with van der Waals surface area (Å²) in [6.45, 7) is 5.47. The first-order valence-corrected chi connectivity index (χ1v) is 16.2. The maximum Gasteiger partial charge on any atom is 0.309 e. The van der Waals surface area contributed by atoms with E-state index in [-0.39, 0.29) is 23.7 Å². The van der Waals surface area contributed by atoms with Crippen molar-refractivity contribution in [3.8, 4) is 0 Å². The molecule has 0 aliphatic carbocycles. The molecule has 1 fully saturated rings. The predicted molar refractivity (Wildman–Crippen MR) is 172 cm³/mol. The van der Waals surface area contributed by atoms with Gasteiger partial charge in [-0.25, -0.2) is 4.98 Å². The number of piperidine rings is 1. The fraction of sp³-hybridized carbons (Fsp3) is 0.343. The molecular formula is C35H38ClN3O3S. The summed E-state index contributed by atoms with van der Waals surface area (Å²) in [7, 11) is 0. The number of rotatable bonds is 12. The number of amides is 1. The van der Waals surface area contributed by atoms with Crippen LogP contribution in [0.3, 0.4) is 0 Å². The standard InChI is InChI=1S/C35H38ClN3O3S/c1-2-42-35(41)29-16-20-39(21-17-29)34(40)32-25-43-33(37-32)24-38(23-26-10-9-15-30(36)22-26)19-18-31(27-11-5-3-6-12-27)28-13-7-4-8-14-28/h3-15,22,25,29,31H,2,16-21,23-24H2,1H3. The molecular weight excluding hydrogens is 578 g/mol. The monoisotopic (exact) mass is 615 g/mol. The Hall–Kier alpha value is -3.52. The van der Waals surface area contributed by atoms with E-state index in [9.17, 15) is 9.59 Å². The van der Waals surface area contributed by atoms with Crippen LogP contribution in [0.15, 0.2) is 90.3 Å². The van der Waals surface area contributed by atoms with Crippen LogP contribution in [-0.4, -0.2) is 52.9 Å². The Kier molecular flexibility index (Phi) is 11.0. The number of benzene rings is 3. The summed E-state index contributed by atoms with van der Waals surface area (Å²) in [5.74, 6) is -0.104. The molecule has 224 valence electrons. The summed E-state index contributed by atoms with van der Waals surface area (Å²) < 4.78 is 5.17. The van der Waals surface area contributed by atoms with E-state index in [1.54, 1.807) is 0 Å². The minimum Gasteiger partial charge on any atom is -0.466 e. The van der Waals surface area contributed by atoms with Crippen LogP contribution in [0.1, 0.15) is 64.3 Å². The Morgan fingerprint density at radius 2 is 1.65 bits per heavy atom. The summed E-state index contributed by atoms with van der Waals surface area (Å²) in [6.07, 6.45) is 2.18. The Labute approximate surface area is 263 Å². The van der Waals surface area contributed by atoms with Gasteiger partial charge in [-0.3, -0.25) is 14.5 Å². The summed E-state index contributed by atoms with van der Waals surface area (Å²) >= 11 is 7.86. The number of nitrogens with zero attached hydrogens (tertiary/aromatic N) is 3. The molecule has 3 aromatic carbocycles. The highest BCUT2D eigenvalue weighted by Crippen LogP contribution is 2.29. The Bertz CT molecular complexity index is 1430. The summed E-state index contributed by atoms with van der Waals surface area (Å²) in [5.41, 5.74) is 4.21. The van der Waals surface area contributed by atoms with Gasteiger partial charge in [0, 0.05) is 36.0 Å². The Morgan fingerprint density at radius 3 is 2.28 bits per heavy atom. The number of hydrogen-bond acceptors (Lipinski definition) is 6. The van der Waals surface area contributed by atoms with Gasteiger partial charge in [0.25, 0.3) is 5.91 Å². The zero-order chi connectivity index (χ0) is 30.0. The van der Waals surface area contributed by atoms with E-state index in [0.29, 0.717) is 44.8 Å². The van der Waals surface area contributed by atoms with Crippen LogP contribution in [0.2, 0.25) is 5.02 Å². The molecule has 43 heavy (non-hydrogen) atoms. The molecule has 1 aromatic heterocycles. The molecule has 5 rings (SSSR count). The maximum atomic E-state index is 13.3. The molecule has 6 nitrogen and oxygen atoms in total. The number of hydrogen-bond donors (Lipinski definition) is 0. The number of likely N-dealkylation sites (tertiary alicyclic amines) is 1. The van der Waals surface area contributed by atoms with Gasteiger partial charge in [0.1, 0.15) is 10.7 Å². The average Bonchev–Trinajstić information content (AvgIpc) is 3.50. The molecule has 0 saturated carbocycles.